The maximum atomic E-state index is 12.5. The number of aromatic nitrogens is 1. The van der Waals surface area contributed by atoms with Crippen molar-refractivity contribution in [3.05, 3.63) is 39.8 Å². The number of thiazole rings is 1. The average molecular weight is 385 g/mol. The summed E-state index contributed by atoms with van der Waals surface area (Å²) in [5.74, 6) is -0.104. The van der Waals surface area contributed by atoms with E-state index in [9.17, 15) is 4.79 Å². The number of carbonyl (C=O) groups excluding carboxylic acids is 1. The van der Waals surface area contributed by atoms with Gasteiger partial charge in [-0.25, -0.2) is 4.98 Å². The van der Waals surface area contributed by atoms with Crippen molar-refractivity contribution in [1.29, 1.82) is 0 Å². The minimum atomic E-state index is -0.254. The Kier molecular flexibility index (Phi) is 5.61. The number of nitrogens with zero attached hydrogens (tertiary/aromatic N) is 3. The molecule has 0 saturated carbocycles. The second-order valence-electron chi connectivity index (χ2n) is 5.60. The van der Waals surface area contributed by atoms with Gasteiger partial charge in [-0.15, -0.1) is 11.3 Å². The first-order chi connectivity index (χ1) is 11.6. The maximum absolute atomic E-state index is 12.5. The molecule has 2 heterocycles. The summed E-state index contributed by atoms with van der Waals surface area (Å²) >= 11 is 13.9. The molecule has 1 fully saturated rings. The summed E-state index contributed by atoms with van der Waals surface area (Å²) in [6.45, 7) is 5.24. The Morgan fingerprint density at radius 1 is 1.25 bits per heavy atom. The van der Waals surface area contributed by atoms with Gasteiger partial charge in [-0.05, 0) is 19.1 Å². The second kappa shape index (κ2) is 7.70. The van der Waals surface area contributed by atoms with Gasteiger partial charge in [-0.2, -0.15) is 0 Å². The zero-order valence-electron chi connectivity index (χ0n) is 13.2. The minimum Gasteiger partial charge on any atom is -0.346 e. The molecule has 1 atom stereocenters. The molecular formula is C16H18Cl2N4OS. The standard InChI is InChI=1S/C16H18Cl2N4OS/c1-11(15(23)20-14-12(17)3-2-4-13(14)18)21-6-8-22(9-7-21)16-19-5-10-24-16/h2-5,10-11H,6-9H2,1H3,(H,20,23)/t11-/m0/s1. The maximum Gasteiger partial charge on any atom is 0.241 e. The number of anilines is 2. The molecule has 0 aliphatic carbocycles. The van der Waals surface area contributed by atoms with E-state index in [4.69, 9.17) is 23.2 Å². The molecule has 128 valence electrons. The SMILES string of the molecule is C[C@@H](C(=O)Nc1c(Cl)cccc1Cl)N1CCN(c2nccs2)CC1. The van der Waals surface area contributed by atoms with Crippen LogP contribution in [-0.4, -0.2) is 48.0 Å². The molecule has 1 aromatic heterocycles. The van der Waals surface area contributed by atoms with E-state index in [1.165, 1.54) is 0 Å². The molecule has 1 amide bonds. The third-order valence-corrected chi connectivity index (χ3v) is 5.60. The predicted molar refractivity (Wildman–Crippen MR) is 100 cm³/mol. The van der Waals surface area contributed by atoms with Crippen LogP contribution in [-0.2, 0) is 4.79 Å². The van der Waals surface area contributed by atoms with Gasteiger partial charge in [0.15, 0.2) is 5.13 Å². The Bertz CT molecular complexity index is 682. The van der Waals surface area contributed by atoms with Gasteiger partial charge < -0.3 is 10.2 Å². The third-order valence-electron chi connectivity index (χ3n) is 4.14. The molecule has 0 unspecified atom stereocenters. The monoisotopic (exact) mass is 384 g/mol. The van der Waals surface area contributed by atoms with E-state index in [0.29, 0.717) is 15.7 Å². The summed E-state index contributed by atoms with van der Waals surface area (Å²) in [7, 11) is 0. The van der Waals surface area contributed by atoms with Crippen LogP contribution < -0.4 is 10.2 Å². The minimum absolute atomic E-state index is 0.104. The lowest BCUT2D eigenvalue weighted by Crippen LogP contribution is -2.52. The fourth-order valence-corrected chi connectivity index (χ4v) is 3.87. The second-order valence-corrected chi connectivity index (χ2v) is 7.29. The van der Waals surface area contributed by atoms with Crippen LogP contribution in [0.15, 0.2) is 29.8 Å². The van der Waals surface area contributed by atoms with Gasteiger partial charge in [0.05, 0.1) is 21.8 Å². The summed E-state index contributed by atoms with van der Waals surface area (Å²) in [6.07, 6.45) is 1.82. The highest BCUT2D eigenvalue weighted by Gasteiger charge is 2.27. The lowest BCUT2D eigenvalue weighted by atomic mass is 10.2. The summed E-state index contributed by atoms with van der Waals surface area (Å²) in [4.78, 5) is 21.3. The molecular weight excluding hydrogens is 367 g/mol. The number of nitrogens with one attached hydrogen (secondary N) is 1. The van der Waals surface area contributed by atoms with Gasteiger partial charge in [0.1, 0.15) is 0 Å². The van der Waals surface area contributed by atoms with Crippen LogP contribution in [0, 0.1) is 0 Å². The topological polar surface area (TPSA) is 48.5 Å². The Morgan fingerprint density at radius 3 is 2.50 bits per heavy atom. The van der Waals surface area contributed by atoms with Crippen molar-refractivity contribution < 1.29 is 4.79 Å². The quantitative estimate of drug-likeness (QED) is 0.874. The van der Waals surface area contributed by atoms with Crippen LogP contribution >= 0.6 is 34.5 Å². The van der Waals surface area contributed by atoms with Crippen molar-refractivity contribution in [3.63, 3.8) is 0 Å². The molecule has 0 bridgehead atoms. The summed E-state index contributed by atoms with van der Waals surface area (Å²) < 4.78 is 0. The molecule has 1 saturated heterocycles. The van der Waals surface area contributed by atoms with Crippen LogP contribution in [0.25, 0.3) is 0 Å². The van der Waals surface area contributed by atoms with Gasteiger partial charge in [-0.1, -0.05) is 29.3 Å². The molecule has 5 nitrogen and oxygen atoms in total. The normalized spacial score (nSPS) is 16.9. The van der Waals surface area contributed by atoms with Crippen molar-refractivity contribution >= 4 is 51.3 Å². The molecule has 1 aromatic carbocycles. The molecule has 8 heteroatoms. The van der Waals surface area contributed by atoms with Gasteiger partial charge in [0, 0.05) is 37.8 Å². The Balaban J connectivity index is 1.59. The van der Waals surface area contributed by atoms with Crippen molar-refractivity contribution in [2.45, 2.75) is 13.0 Å². The van der Waals surface area contributed by atoms with Crippen LogP contribution in [0.1, 0.15) is 6.92 Å². The predicted octanol–water partition coefficient (Wildman–Crippen LogP) is 3.60. The number of hydrogen-bond donors (Lipinski definition) is 1. The molecule has 1 N–H and O–H groups in total. The number of piperazine rings is 1. The van der Waals surface area contributed by atoms with Gasteiger partial charge >= 0.3 is 0 Å². The van der Waals surface area contributed by atoms with E-state index in [-0.39, 0.29) is 11.9 Å². The Morgan fingerprint density at radius 2 is 1.92 bits per heavy atom. The highest BCUT2D eigenvalue weighted by Crippen LogP contribution is 2.30. The molecule has 1 aliphatic rings. The number of hydrogen-bond acceptors (Lipinski definition) is 5. The number of rotatable bonds is 4. The fourth-order valence-electron chi connectivity index (χ4n) is 2.68. The van der Waals surface area contributed by atoms with Crippen molar-refractivity contribution in [3.8, 4) is 0 Å². The largest absolute Gasteiger partial charge is 0.346 e. The van der Waals surface area contributed by atoms with Crippen molar-refractivity contribution in [2.75, 3.05) is 36.4 Å². The Hall–Kier alpha value is -1.34. The average Bonchev–Trinajstić information content (AvgIpc) is 3.12. The van der Waals surface area contributed by atoms with E-state index < -0.39 is 0 Å². The van der Waals surface area contributed by atoms with Crippen molar-refractivity contribution in [2.24, 2.45) is 0 Å². The van der Waals surface area contributed by atoms with Gasteiger partial charge in [0.2, 0.25) is 5.91 Å². The Labute approximate surface area is 155 Å². The molecule has 2 aromatic rings. The van der Waals surface area contributed by atoms with Gasteiger partial charge in [-0.3, -0.25) is 9.69 Å². The molecule has 24 heavy (non-hydrogen) atoms. The number of carbonyl (C=O) groups is 1. The third kappa shape index (κ3) is 3.83. The zero-order chi connectivity index (χ0) is 17.1. The highest BCUT2D eigenvalue weighted by molar-refractivity contribution is 7.13. The lowest BCUT2D eigenvalue weighted by Gasteiger charge is -2.37. The fraction of sp³-hybridized carbons (Fsp3) is 0.375. The first-order valence-electron chi connectivity index (χ1n) is 7.69. The van der Waals surface area contributed by atoms with Crippen LogP contribution in [0.4, 0.5) is 10.8 Å². The summed E-state index contributed by atoms with van der Waals surface area (Å²) in [5.41, 5.74) is 0.471. The number of benzene rings is 1. The number of amides is 1. The first-order valence-corrected chi connectivity index (χ1v) is 9.33. The van der Waals surface area contributed by atoms with E-state index in [2.05, 4.69) is 20.1 Å². The van der Waals surface area contributed by atoms with Crippen LogP contribution in [0.2, 0.25) is 10.0 Å². The zero-order valence-corrected chi connectivity index (χ0v) is 15.5. The molecule has 3 rings (SSSR count). The van der Waals surface area contributed by atoms with E-state index >= 15 is 0 Å². The number of halogens is 2. The van der Waals surface area contributed by atoms with Crippen molar-refractivity contribution in [1.82, 2.24) is 9.88 Å². The molecule has 0 radical (unpaired) electrons. The van der Waals surface area contributed by atoms with E-state index in [1.807, 2.05) is 18.5 Å². The van der Waals surface area contributed by atoms with E-state index in [0.717, 1.165) is 31.3 Å². The molecule has 0 spiro atoms. The number of para-hydroxylation sites is 1. The van der Waals surface area contributed by atoms with Gasteiger partial charge in [0.25, 0.3) is 0 Å². The summed E-state index contributed by atoms with van der Waals surface area (Å²) in [6, 6.07) is 4.92. The molecule has 1 aliphatic heterocycles. The lowest BCUT2D eigenvalue weighted by molar-refractivity contribution is -0.120. The van der Waals surface area contributed by atoms with E-state index in [1.54, 1.807) is 29.5 Å². The summed E-state index contributed by atoms with van der Waals surface area (Å²) in [5, 5.41) is 6.74. The first kappa shape index (κ1) is 17.5. The smallest absolute Gasteiger partial charge is 0.241 e. The van der Waals surface area contributed by atoms with Crippen LogP contribution in [0.3, 0.4) is 0 Å². The highest BCUT2D eigenvalue weighted by atomic mass is 35.5. The van der Waals surface area contributed by atoms with Crippen LogP contribution in [0.5, 0.6) is 0 Å².